The number of rotatable bonds is 6. The van der Waals surface area contributed by atoms with Crippen molar-refractivity contribution in [1.29, 1.82) is 0 Å². The first kappa shape index (κ1) is 14.4. The molecule has 1 saturated heterocycles. The van der Waals surface area contributed by atoms with Gasteiger partial charge in [-0.25, -0.2) is 4.98 Å². The van der Waals surface area contributed by atoms with Crippen molar-refractivity contribution in [3.63, 3.8) is 0 Å². The summed E-state index contributed by atoms with van der Waals surface area (Å²) in [5.41, 5.74) is -0.661. The Hall–Kier alpha value is -0.980. The Morgan fingerprint density at radius 2 is 2.53 bits per heavy atom. The van der Waals surface area contributed by atoms with E-state index >= 15 is 0 Å². The van der Waals surface area contributed by atoms with Crippen molar-refractivity contribution in [3.05, 3.63) is 16.6 Å². The summed E-state index contributed by atoms with van der Waals surface area (Å²) in [5, 5.41) is 12.6. The zero-order chi connectivity index (χ0) is 13.7. The molecular weight excluding hydrogens is 264 g/mol. The molecule has 2 heterocycles. The second-order valence-electron chi connectivity index (χ2n) is 5.07. The molecule has 2 rings (SSSR count). The topological polar surface area (TPSA) is 62.7 Å². The Balaban J connectivity index is 2.02. The van der Waals surface area contributed by atoms with E-state index in [9.17, 15) is 9.90 Å². The molecule has 0 amide bonds. The molecular formula is C13H20N2O3S. The molecule has 1 aliphatic heterocycles. The summed E-state index contributed by atoms with van der Waals surface area (Å²) in [5.74, 6) is -0.701. The highest BCUT2D eigenvalue weighted by Gasteiger charge is 2.42. The lowest BCUT2D eigenvalue weighted by atomic mass is 9.77. The summed E-state index contributed by atoms with van der Waals surface area (Å²) >= 11 is 1.62. The van der Waals surface area contributed by atoms with Crippen molar-refractivity contribution in [2.75, 3.05) is 26.8 Å². The molecule has 1 aromatic rings. The number of carbonyl (C=O) groups is 1. The number of hydrogen-bond donors (Lipinski definition) is 1. The highest BCUT2D eigenvalue weighted by Crippen LogP contribution is 2.34. The van der Waals surface area contributed by atoms with Gasteiger partial charge < -0.3 is 9.84 Å². The van der Waals surface area contributed by atoms with E-state index in [0.717, 1.165) is 30.9 Å². The molecule has 0 radical (unpaired) electrons. The fraction of sp³-hybridized carbons (Fsp3) is 0.692. The first-order valence-corrected chi connectivity index (χ1v) is 7.37. The number of aromatic nitrogens is 1. The number of likely N-dealkylation sites (tertiary alicyclic amines) is 1. The van der Waals surface area contributed by atoms with Crippen molar-refractivity contribution in [2.24, 2.45) is 5.41 Å². The van der Waals surface area contributed by atoms with E-state index in [1.165, 1.54) is 0 Å². The van der Waals surface area contributed by atoms with Gasteiger partial charge in [0.2, 0.25) is 0 Å². The molecule has 106 valence electrons. The van der Waals surface area contributed by atoms with E-state index in [-0.39, 0.29) is 0 Å². The molecule has 1 N–H and O–H groups in total. The summed E-state index contributed by atoms with van der Waals surface area (Å²) in [6.45, 7) is 2.78. The SMILES string of the molecule is COCCC1(C(=O)O)CCCN(Cc2nccs2)C1. The van der Waals surface area contributed by atoms with Gasteiger partial charge in [-0.3, -0.25) is 9.69 Å². The summed E-state index contributed by atoms with van der Waals surface area (Å²) in [7, 11) is 1.62. The zero-order valence-electron chi connectivity index (χ0n) is 11.2. The maximum absolute atomic E-state index is 11.6. The summed E-state index contributed by atoms with van der Waals surface area (Å²) in [4.78, 5) is 18.1. The van der Waals surface area contributed by atoms with Crippen molar-refractivity contribution in [1.82, 2.24) is 9.88 Å². The molecule has 1 atom stereocenters. The minimum absolute atomic E-state index is 0.497. The number of carboxylic acids is 1. The lowest BCUT2D eigenvalue weighted by Gasteiger charge is -2.39. The number of nitrogens with zero attached hydrogens (tertiary/aromatic N) is 2. The summed E-state index contributed by atoms with van der Waals surface area (Å²) in [6.07, 6.45) is 4.02. The number of piperidine rings is 1. The number of thiazole rings is 1. The first-order valence-electron chi connectivity index (χ1n) is 6.49. The summed E-state index contributed by atoms with van der Waals surface area (Å²) < 4.78 is 5.07. The minimum Gasteiger partial charge on any atom is -0.481 e. The number of ether oxygens (including phenoxy) is 1. The maximum atomic E-state index is 11.6. The van der Waals surface area contributed by atoms with Crippen LogP contribution in [-0.2, 0) is 16.1 Å². The van der Waals surface area contributed by atoms with Crippen molar-refractivity contribution >= 4 is 17.3 Å². The highest BCUT2D eigenvalue weighted by atomic mass is 32.1. The van der Waals surface area contributed by atoms with Crippen molar-refractivity contribution in [2.45, 2.75) is 25.8 Å². The second-order valence-corrected chi connectivity index (χ2v) is 6.05. The van der Waals surface area contributed by atoms with E-state index in [4.69, 9.17) is 4.74 Å². The number of aliphatic carboxylic acids is 1. The molecule has 1 aliphatic rings. The van der Waals surface area contributed by atoms with Crippen LogP contribution >= 0.6 is 11.3 Å². The Labute approximate surface area is 117 Å². The fourth-order valence-electron chi connectivity index (χ4n) is 2.67. The van der Waals surface area contributed by atoms with Gasteiger partial charge in [-0.2, -0.15) is 0 Å². The molecule has 0 saturated carbocycles. The van der Waals surface area contributed by atoms with Crippen molar-refractivity contribution < 1.29 is 14.6 Å². The quantitative estimate of drug-likeness (QED) is 0.863. The standard InChI is InChI=1S/C13H20N2O3S/c1-18-7-4-13(12(16)17)3-2-6-15(10-13)9-11-14-5-8-19-11/h5,8H,2-4,6-7,9-10H2,1H3,(H,16,17). The Morgan fingerprint density at radius 1 is 1.68 bits per heavy atom. The lowest BCUT2D eigenvalue weighted by Crippen LogP contribution is -2.48. The smallest absolute Gasteiger partial charge is 0.311 e. The van der Waals surface area contributed by atoms with Crippen LogP contribution in [-0.4, -0.2) is 47.8 Å². The van der Waals surface area contributed by atoms with Crippen LogP contribution in [0.4, 0.5) is 0 Å². The van der Waals surface area contributed by atoms with Gasteiger partial charge in [-0.15, -0.1) is 11.3 Å². The monoisotopic (exact) mass is 284 g/mol. The van der Waals surface area contributed by atoms with Crippen LogP contribution in [0.15, 0.2) is 11.6 Å². The third-order valence-corrected chi connectivity index (χ3v) is 4.50. The van der Waals surface area contributed by atoms with Gasteiger partial charge in [-0.1, -0.05) is 0 Å². The Bertz CT molecular complexity index is 410. The van der Waals surface area contributed by atoms with Crippen LogP contribution in [0.3, 0.4) is 0 Å². The molecule has 19 heavy (non-hydrogen) atoms. The maximum Gasteiger partial charge on any atom is 0.311 e. The third-order valence-electron chi connectivity index (χ3n) is 3.74. The molecule has 0 aliphatic carbocycles. The predicted molar refractivity (Wildman–Crippen MR) is 73.2 cm³/mol. The van der Waals surface area contributed by atoms with E-state index in [2.05, 4.69) is 9.88 Å². The Kier molecular flexibility index (Phi) is 4.90. The number of hydrogen-bond acceptors (Lipinski definition) is 5. The van der Waals surface area contributed by atoms with Crippen LogP contribution in [0.2, 0.25) is 0 Å². The van der Waals surface area contributed by atoms with Gasteiger partial charge in [-0.05, 0) is 25.8 Å². The van der Waals surface area contributed by atoms with Gasteiger partial charge in [0.1, 0.15) is 5.01 Å². The van der Waals surface area contributed by atoms with Crippen LogP contribution in [0, 0.1) is 5.41 Å². The van der Waals surface area contributed by atoms with Crippen LogP contribution in [0.1, 0.15) is 24.3 Å². The third kappa shape index (κ3) is 3.52. The first-order chi connectivity index (χ1) is 9.16. The number of methoxy groups -OCH3 is 1. The van der Waals surface area contributed by atoms with E-state index in [1.807, 2.05) is 5.38 Å². The Morgan fingerprint density at radius 3 is 3.16 bits per heavy atom. The highest BCUT2D eigenvalue weighted by molar-refractivity contribution is 7.09. The lowest BCUT2D eigenvalue weighted by molar-refractivity contribution is -0.154. The summed E-state index contributed by atoms with van der Waals surface area (Å²) in [6, 6.07) is 0. The molecule has 0 bridgehead atoms. The molecule has 5 nitrogen and oxygen atoms in total. The van der Waals surface area contributed by atoms with Gasteiger partial charge in [0, 0.05) is 31.8 Å². The van der Waals surface area contributed by atoms with Crippen LogP contribution in [0.5, 0.6) is 0 Å². The van der Waals surface area contributed by atoms with E-state index < -0.39 is 11.4 Å². The van der Waals surface area contributed by atoms with Gasteiger partial charge in [0.15, 0.2) is 0 Å². The van der Waals surface area contributed by atoms with E-state index in [0.29, 0.717) is 19.6 Å². The average Bonchev–Trinajstić information content (AvgIpc) is 2.89. The zero-order valence-corrected chi connectivity index (χ0v) is 12.0. The minimum atomic E-state index is -0.701. The average molecular weight is 284 g/mol. The number of carboxylic acid groups (broad SMARTS) is 1. The van der Waals surface area contributed by atoms with Gasteiger partial charge >= 0.3 is 5.97 Å². The predicted octanol–water partition coefficient (Wildman–Crippen LogP) is 1.85. The van der Waals surface area contributed by atoms with Crippen molar-refractivity contribution in [3.8, 4) is 0 Å². The molecule has 1 unspecified atom stereocenters. The normalized spacial score (nSPS) is 24.5. The molecule has 1 fully saturated rings. The second kappa shape index (κ2) is 6.45. The molecule has 1 aromatic heterocycles. The van der Waals surface area contributed by atoms with Crippen LogP contribution in [0.25, 0.3) is 0 Å². The van der Waals surface area contributed by atoms with E-state index in [1.54, 1.807) is 24.6 Å². The molecule has 0 aromatic carbocycles. The fourth-order valence-corrected chi connectivity index (χ4v) is 3.33. The largest absolute Gasteiger partial charge is 0.481 e. The van der Waals surface area contributed by atoms with Crippen LogP contribution < -0.4 is 0 Å². The molecule has 0 spiro atoms. The van der Waals surface area contributed by atoms with Gasteiger partial charge in [0.05, 0.1) is 12.0 Å². The van der Waals surface area contributed by atoms with Gasteiger partial charge in [0.25, 0.3) is 0 Å². The molecule has 6 heteroatoms.